The first-order valence-electron chi connectivity index (χ1n) is 4.73. The number of epoxide rings is 1. The summed E-state index contributed by atoms with van der Waals surface area (Å²) in [5.41, 5.74) is 1.24. The van der Waals surface area contributed by atoms with Crippen molar-refractivity contribution in [2.45, 2.75) is 18.9 Å². The van der Waals surface area contributed by atoms with Gasteiger partial charge in [-0.15, -0.1) is 0 Å². The Morgan fingerprint density at radius 3 is 2.93 bits per heavy atom. The Bertz CT molecular complexity index is 321. The van der Waals surface area contributed by atoms with Crippen molar-refractivity contribution >= 4 is 11.6 Å². The molecule has 1 atom stereocenters. The molecule has 1 fully saturated rings. The molecular weight excluding hydrogens is 200 g/mol. The topological polar surface area (TPSA) is 21.8 Å². The fraction of sp³-hybridized carbons (Fsp3) is 0.455. The summed E-state index contributed by atoms with van der Waals surface area (Å²) in [5.74, 6) is 0.734. The molecule has 2 rings (SSSR count). The molecule has 0 spiro atoms. The zero-order chi connectivity index (χ0) is 9.97. The summed E-state index contributed by atoms with van der Waals surface area (Å²) < 4.78 is 10.2. The molecule has 0 aromatic heterocycles. The van der Waals surface area contributed by atoms with E-state index in [0.717, 1.165) is 25.2 Å². The molecule has 0 radical (unpaired) electrons. The van der Waals surface area contributed by atoms with Crippen LogP contribution in [0.2, 0.25) is 5.02 Å². The van der Waals surface area contributed by atoms with E-state index >= 15 is 0 Å². The quantitative estimate of drug-likeness (QED) is 0.716. The first-order valence-corrected chi connectivity index (χ1v) is 5.11. The van der Waals surface area contributed by atoms with E-state index in [9.17, 15) is 0 Å². The second kappa shape index (κ2) is 4.20. The fourth-order valence-electron chi connectivity index (χ4n) is 1.43. The van der Waals surface area contributed by atoms with Gasteiger partial charge in [-0.1, -0.05) is 17.7 Å². The lowest BCUT2D eigenvalue weighted by molar-refractivity contribution is 0.396. The molecule has 0 N–H and O–H groups in total. The summed E-state index contributed by atoms with van der Waals surface area (Å²) in [4.78, 5) is 0. The molecule has 76 valence electrons. The summed E-state index contributed by atoms with van der Waals surface area (Å²) >= 11 is 6.00. The molecule has 0 bridgehead atoms. The predicted molar refractivity (Wildman–Crippen MR) is 56.1 cm³/mol. The standard InChI is InChI=1S/C11H13ClO2/c1-13-11-5-3-8(6-10(11)12)2-4-9-7-14-9/h3,5-6,9H,2,4,7H2,1H3. The van der Waals surface area contributed by atoms with Crippen molar-refractivity contribution in [2.24, 2.45) is 0 Å². The number of rotatable bonds is 4. The largest absolute Gasteiger partial charge is 0.495 e. The van der Waals surface area contributed by atoms with Crippen molar-refractivity contribution in [3.63, 3.8) is 0 Å². The van der Waals surface area contributed by atoms with Gasteiger partial charge in [0.15, 0.2) is 0 Å². The molecule has 14 heavy (non-hydrogen) atoms. The minimum absolute atomic E-state index is 0.482. The maximum atomic E-state index is 6.00. The molecule has 1 aliphatic rings. The van der Waals surface area contributed by atoms with Gasteiger partial charge in [0.2, 0.25) is 0 Å². The molecule has 0 aliphatic carbocycles. The second-order valence-corrected chi connectivity index (χ2v) is 3.87. The van der Waals surface area contributed by atoms with E-state index in [-0.39, 0.29) is 0 Å². The Balaban J connectivity index is 1.99. The van der Waals surface area contributed by atoms with Crippen LogP contribution in [-0.4, -0.2) is 19.8 Å². The first-order chi connectivity index (χ1) is 6.79. The molecule has 1 saturated heterocycles. The average molecular weight is 213 g/mol. The number of benzene rings is 1. The van der Waals surface area contributed by atoms with Crippen molar-refractivity contribution in [3.05, 3.63) is 28.8 Å². The van der Waals surface area contributed by atoms with Crippen LogP contribution in [0.4, 0.5) is 0 Å². The zero-order valence-corrected chi connectivity index (χ0v) is 8.88. The number of halogens is 1. The van der Waals surface area contributed by atoms with Crippen LogP contribution in [0, 0.1) is 0 Å². The minimum Gasteiger partial charge on any atom is -0.495 e. The lowest BCUT2D eigenvalue weighted by atomic mass is 10.1. The Morgan fingerprint density at radius 2 is 2.36 bits per heavy atom. The molecule has 1 aromatic carbocycles. The Hall–Kier alpha value is -0.730. The highest BCUT2D eigenvalue weighted by molar-refractivity contribution is 6.32. The minimum atomic E-state index is 0.482. The van der Waals surface area contributed by atoms with Gasteiger partial charge in [0.1, 0.15) is 5.75 Å². The SMILES string of the molecule is COc1ccc(CCC2CO2)cc1Cl. The van der Waals surface area contributed by atoms with Crippen LogP contribution in [0.15, 0.2) is 18.2 Å². The maximum absolute atomic E-state index is 6.00. The van der Waals surface area contributed by atoms with Crippen LogP contribution < -0.4 is 4.74 Å². The van der Waals surface area contributed by atoms with Gasteiger partial charge < -0.3 is 9.47 Å². The summed E-state index contributed by atoms with van der Waals surface area (Å²) in [6.45, 7) is 0.921. The smallest absolute Gasteiger partial charge is 0.137 e. The van der Waals surface area contributed by atoms with Gasteiger partial charge in [-0.2, -0.15) is 0 Å². The average Bonchev–Trinajstić information content (AvgIpc) is 2.98. The third kappa shape index (κ3) is 2.40. The van der Waals surface area contributed by atoms with Gasteiger partial charge in [0, 0.05) is 0 Å². The molecule has 0 amide bonds. The van der Waals surface area contributed by atoms with Crippen molar-refractivity contribution in [2.75, 3.05) is 13.7 Å². The van der Waals surface area contributed by atoms with E-state index in [1.54, 1.807) is 7.11 Å². The summed E-state index contributed by atoms with van der Waals surface area (Å²) in [7, 11) is 1.62. The predicted octanol–water partition coefficient (Wildman–Crippen LogP) is 2.68. The normalized spacial score (nSPS) is 19.4. The molecular formula is C11H13ClO2. The molecule has 2 nitrogen and oxygen atoms in total. The van der Waals surface area contributed by atoms with Crippen LogP contribution in [-0.2, 0) is 11.2 Å². The zero-order valence-electron chi connectivity index (χ0n) is 8.13. The number of hydrogen-bond donors (Lipinski definition) is 0. The third-order valence-electron chi connectivity index (χ3n) is 2.37. The van der Waals surface area contributed by atoms with Crippen LogP contribution in [0.1, 0.15) is 12.0 Å². The summed E-state index contributed by atoms with van der Waals surface area (Å²) in [5, 5.41) is 0.682. The molecule has 1 heterocycles. The van der Waals surface area contributed by atoms with Gasteiger partial charge in [0.05, 0.1) is 24.8 Å². The van der Waals surface area contributed by atoms with E-state index in [1.807, 2.05) is 18.2 Å². The lowest BCUT2D eigenvalue weighted by Crippen LogP contribution is -1.92. The molecule has 0 saturated carbocycles. The molecule has 1 aromatic rings. The second-order valence-electron chi connectivity index (χ2n) is 3.46. The summed E-state index contributed by atoms with van der Waals surface area (Å²) in [6.07, 6.45) is 2.59. The van der Waals surface area contributed by atoms with E-state index < -0.39 is 0 Å². The number of methoxy groups -OCH3 is 1. The van der Waals surface area contributed by atoms with Gasteiger partial charge >= 0.3 is 0 Å². The highest BCUT2D eigenvalue weighted by atomic mass is 35.5. The highest BCUT2D eigenvalue weighted by Crippen LogP contribution is 2.26. The van der Waals surface area contributed by atoms with Crippen LogP contribution >= 0.6 is 11.6 Å². The van der Waals surface area contributed by atoms with Crippen molar-refractivity contribution in [1.29, 1.82) is 0 Å². The molecule has 1 aliphatic heterocycles. The van der Waals surface area contributed by atoms with Gasteiger partial charge in [-0.25, -0.2) is 0 Å². The molecule has 1 unspecified atom stereocenters. The van der Waals surface area contributed by atoms with Gasteiger partial charge in [-0.05, 0) is 30.5 Å². The van der Waals surface area contributed by atoms with Crippen molar-refractivity contribution in [3.8, 4) is 5.75 Å². The van der Waals surface area contributed by atoms with Gasteiger partial charge in [0.25, 0.3) is 0 Å². The van der Waals surface area contributed by atoms with Crippen LogP contribution in [0.25, 0.3) is 0 Å². The van der Waals surface area contributed by atoms with E-state index in [2.05, 4.69) is 0 Å². The van der Waals surface area contributed by atoms with Gasteiger partial charge in [-0.3, -0.25) is 0 Å². The van der Waals surface area contributed by atoms with Crippen molar-refractivity contribution in [1.82, 2.24) is 0 Å². The summed E-state index contributed by atoms with van der Waals surface area (Å²) in [6, 6.07) is 5.92. The number of ether oxygens (including phenoxy) is 2. The van der Waals surface area contributed by atoms with E-state index in [1.165, 1.54) is 5.56 Å². The monoisotopic (exact) mass is 212 g/mol. The fourth-order valence-corrected chi connectivity index (χ4v) is 1.71. The van der Waals surface area contributed by atoms with Crippen LogP contribution in [0.3, 0.4) is 0 Å². The van der Waals surface area contributed by atoms with Crippen molar-refractivity contribution < 1.29 is 9.47 Å². The lowest BCUT2D eigenvalue weighted by Gasteiger charge is -2.05. The third-order valence-corrected chi connectivity index (χ3v) is 2.67. The Kier molecular flexibility index (Phi) is 2.94. The number of aryl methyl sites for hydroxylation is 1. The Labute approximate surface area is 88.8 Å². The van der Waals surface area contributed by atoms with E-state index in [0.29, 0.717) is 11.1 Å². The van der Waals surface area contributed by atoms with Crippen LogP contribution in [0.5, 0.6) is 5.75 Å². The molecule has 3 heteroatoms. The number of hydrogen-bond acceptors (Lipinski definition) is 2. The Morgan fingerprint density at radius 1 is 1.57 bits per heavy atom. The highest BCUT2D eigenvalue weighted by Gasteiger charge is 2.21. The first kappa shape index (κ1) is 9.81. The van der Waals surface area contributed by atoms with E-state index in [4.69, 9.17) is 21.1 Å². The maximum Gasteiger partial charge on any atom is 0.137 e.